The predicted molar refractivity (Wildman–Crippen MR) is 44.7 cm³/mol. The van der Waals surface area contributed by atoms with Crippen molar-refractivity contribution in [2.75, 3.05) is 13.6 Å². The van der Waals surface area contributed by atoms with E-state index in [0.29, 0.717) is 0 Å². The van der Waals surface area contributed by atoms with Gasteiger partial charge in [-0.15, -0.1) is 4.90 Å². The average molecular weight is 135 g/mol. The Kier molecular flexibility index (Phi) is 2.46. The molecule has 0 heterocycles. The largest absolute Gasteiger partial charge is 0.180 e. The molecule has 0 fully saturated rings. The minimum atomic E-state index is 1.06. The Bertz CT molecular complexity index is 181. The second-order valence-corrected chi connectivity index (χ2v) is 2.35. The summed E-state index contributed by atoms with van der Waals surface area (Å²) in [6.07, 6.45) is 0. The quantitative estimate of drug-likeness (QED) is 0.548. The molecule has 10 heavy (non-hydrogen) atoms. The van der Waals surface area contributed by atoms with Gasteiger partial charge in [-0.25, -0.2) is 0 Å². The summed E-state index contributed by atoms with van der Waals surface area (Å²) in [7, 11) is 2.09. The first kappa shape index (κ1) is 7.29. The molecule has 0 N–H and O–H groups in total. The minimum Gasteiger partial charge on any atom is -0.137 e. The van der Waals surface area contributed by atoms with Gasteiger partial charge >= 0.3 is 0 Å². The molecular formula is C9H13N+. The molecule has 53 valence electrons. The zero-order chi connectivity index (χ0) is 7.40. The molecule has 0 amide bonds. The molecule has 0 atom stereocenters. The van der Waals surface area contributed by atoms with Gasteiger partial charge in [-0.1, -0.05) is 18.2 Å². The minimum absolute atomic E-state index is 1.06. The lowest BCUT2D eigenvalue weighted by molar-refractivity contribution is 0.661. The van der Waals surface area contributed by atoms with E-state index in [1.807, 2.05) is 6.07 Å². The molecule has 1 radical (unpaired) electrons. The summed E-state index contributed by atoms with van der Waals surface area (Å²) >= 11 is 0. The summed E-state index contributed by atoms with van der Waals surface area (Å²) < 4.78 is 0. The number of benzene rings is 1. The van der Waals surface area contributed by atoms with Crippen molar-refractivity contribution >= 4 is 5.69 Å². The first-order valence-corrected chi connectivity index (χ1v) is 3.60. The van der Waals surface area contributed by atoms with Crippen LogP contribution >= 0.6 is 0 Å². The van der Waals surface area contributed by atoms with Gasteiger partial charge in [0.2, 0.25) is 0 Å². The second-order valence-electron chi connectivity index (χ2n) is 2.35. The molecule has 1 aromatic rings. The van der Waals surface area contributed by atoms with Crippen molar-refractivity contribution in [1.82, 2.24) is 4.90 Å². The molecule has 0 spiro atoms. The maximum Gasteiger partial charge on any atom is 0.180 e. The van der Waals surface area contributed by atoms with Crippen molar-refractivity contribution in [3.05, 3.63) is 30.3 Å². The average Bonchev–Trinajstić information content (AvgIpc) is 2.05. The Morgan fingerprint density at radius 1 is 1.20 bits per heavy atom. The number of para-hydroxylation sites is 1. The van der Waals surface area contributed by atoms with Crippen molar-refractivity contribution in [3.63, 3.8) is 0 Å². The fraction of sp³-hybridized carbons (Fsp3) is 0.333. The van der Waals surface area contributed by atoms with E-state index in [1.165, 1.54) is 5.69 Å². The molecule has 0 saturated carbocycles. The summed E-state index contributed by atoms with van der Waals surface area (Å²) in [5.74, 6) is 0. The fourth-order valence-corrected chi connectivity index (χ4v) is 0.865. The van der Waals surface area contributed by atoms with Gasteiger partial charge in [-0.2, -0.15) is 0 Å². The summed E-state index contributed by atoms with van der Waals surface area (Å²) in [6.45, 7) is 3.21. The molecule has 0 aliphatic heterocycles. The standard InChI is InChI=1S/C9H13N/c1-3-10(2)9-7-5-4-6-8-9/h4-8H,3H2,1-2H3/q+1. The van der Waals surface area contributed by atoms with Crippen LogP contribution in [0.15, 0.2) is 30.3 Å². The van der Waals surface area contributed by atoms with E-state index in [4.69, 9.17) is 0 Å². The molecule has 0 aliphatic rings. The Balaban J connectivity index is 2.75. The molecule has 0 saturated heterocycles. The van der Waals surface area contributed by atoms with Crippen LogP contribution in [0.3, 0.4) is 0 Å². The number of hydrogen-bond donors (Lipinski definition) is 0. The van der Waals surface area contributed by atoms with Crippen LogP contribution < -0.4 is 4.90 Å². The molecule has 1 aromatic carbocycles. The lowest BCUT2D eigenvalue weighted by atomic mass is 10.3. The highest BCUT2D eigenvalue weighted by atomic mass is 15.1. The summed E-state index contributed by atoms with van der Waals surface area (Å²) in [5.41, 5.74) is 1.28. The van der Waals surface area contributed by atoms with Gasteiger partial charge in [0.15, 0.2) is 5.69 Å². The zero-order valence-electron chi connectivity index (χ0n) is 6.54. The van der Waals surface area contributed by atoms with E-state index >= 15 is 0 Å². The molecular weight excluding hydrogens is 122 g/mol. The number of nitrogens with zero attached hydrogens (tertiary/aromatic N) is 1. The highest BCUT2D eigenvalue weighted by Gasteiger charge is 2.05. The molecule has 1 nitrogen and oxygen atoms in total. The van der Waals surface area contributed by atoms with Crippen LogP contribution in [-0.4, -0.2) is 13.6 Å². The maximum absolute atomic E-state index is 2.21. The highest BCUT2D eigenvalue weighted by molar-refractivity contribution is 5.37. The normalized spacial score (nSPS) is 10.3. The molecule has 1 rings (SSSR count). The van der Waals surface area contributed by atoms with Gasteiger partial charge in [-0.3, -0.25) is 0 Å². The van der Waals surface area contributed by atoms with Crippen LogP contribution in [0.2, 0.25) is 0 Å². The Morgan fingerprint density at radius 3 is 2.30 bits per heavy atom. The topological polar surface area (TPSA) is 5.90 Å². The van der Waals surface area contributed by atoms with Crippen molar-refractivity contribution in [1.29, 1.82) is 0 Å². The summed E-state index contributed by atoms with van der Waals surface area (Å²) in [4.78, 5) is 2.21. The number of hydrogen-bond acceptors (Lipinski definition) is 1. The third kappa shape index (κ3) is 1.58. The van der Waals surface area contributed by atoms with Crippen molar-refractivity contribution in [2.24, 2.45) is 0 Å². The number of rotatable bonds is 2. The molecule has 0 aliphatic carbocycles. The van der Waals surface area contributed by atoms with E-state index in [0.717, 1.165) is 6.54 Å². The van der Waals surface area contributed by atoms with Gasteiger partial charge < -0.3 is 0 Å². The Hall–Kier alpha value is -0.820. The lowest BCUT2D eigenvalue weighted by Gasteiger charge is -2.00. The van der Waals surface area contributed by atoms with Crippen LogP contribution in [0.5, 0.6) is 0 Å². The van der Waals surface area contributed by atoms with Gasteiger partial charge in [0.05, 0.1) is 0 Å². The third-order valence-corrected chi connectivity index (χ3v) is 1.67. The molecule has 0 unspecified atom stereocenters. The molecule has 0 aromatic heterocycles. The lowest BCUT2D eigenvalue weighted by Crippen LogP contribution is -2.16. The number of anilines is 1. The van der Waals surface area contributed by atoms with Crippen molar-refractivity contribution in [3.8, 4) is 0 Å². The van der Waals surface area contributed by atoms with Gasteiger partial charge in [0.1, 0.15) is 13.6 Å². The maximum atomic E-state index is 2.21. The van der Waals surface area contributed by atoms with Crippen LogP contribution in [0.25, 0.3) is 0 Å². The highest BCUT2D eigenvalue weighted by Crippen LogP contribution is 2.08. The van der Waals surface area contributed by atoms with E-state index in [2.05, 4.69) is 43.1 Å². The zero-order valence-corrected chi connectivity index (χ0v) is 6.54. The van der Waals surface area contributed by atoms with E-state index in [9.17, 15) is 0 Å². The van der Waals surface area contributed by atoms with Crippen LogP contribution in [0.4, 0.5) is 5.69 Å². The van der Waals surface area contributed by atoms with Crippen molar-refractivity contribution in [2.45, 2.75) is 6.92 Å². The van der Waals surface area contributed by atoms with Crippen LogP contribution in [-0.2, 0) is 0 Å². The smallest absolute Gasteiger partial charge is 0.137 e. The fourth-order valence-electron chi connectivity index (χ4n) is 0.865. The van der Waals surface area contributed by atoms with E-state index in [1.54, 1.807) is 0 Å². The first-order chi connectivity index (χ1) is 4.84. The van der Waals surface area contributed by atoms with E-state index < -0.39 is 0 Å². The van der Waals surface area contributed by atoms with Crippen LogP contribution in [0.1, 0.15) is 6.92 Å². The molecule has 1 heteroatoms. The van der Waals surface area contributed by atoms with Crippen molar-refractivity contribution < 1.29 is 0 Å². The summed E-state index contributed by atoms with van der Waals surface area (Å²) in [5, 5.41) is 0. The van der Waals surface area contributed by atoms with E-state index in [-0.39, 0.29) is 0 Å². The van der Waals surface area contributed by atoms with Gasteiger partial charge in [0.25, 0.3) is 0 Å². The monoisotopic (exact) mass is 135 g/mol. The Morgan fingerprint density at radius 2 is 1.80 bits per heavy atom. The third-order valence-electron chi connectivity index (χ3n) is 1.67. The predicted octanol–water partition coefficient (Wildman–Crippen LogP) is 2.11. The molecule has 0 bridgehead atoms. The van der Waals surface area contributed by atoms with Crippen LogP contribution in [0, 0.1) is 0 Å². The van der Waals surface area contributed by atoms with Gasteiger partial charge in [-0.05, 0) is 6.92 Å². The SMILES string of the molecule is CC[N+](C)c1ccccc1. The summed E-state index contributed by atoms with van der Waals surface area (Å²) in [6, 6.07) is 10.4. The second kappa shape index (κ2) is 3.37. The first-order valence-electron chi connectivity index (χ1n) is 3.60. The van der Waals surface area contributed by atoms with Gasteiger partial charge in [0, 0.05) is 12.1 Å². The Labute approximate surface area is 62.3 Å².